The van der Waals surface area contributed by atoms with E-state index in [1.165, 1.54) is 17.5 Å². The van der Waals surface area contributed by atoms with E-state index in [2.05, 4.69) is 16.7 Å². The first-order chi connectivity index (χ1) is 15.1. The number of carbonyl (C=O) groups excluding carboxylic acids is 1. The summed E-state index contributed by atoms with van der Waals surface area (Å²) in [5.74, 6) is 2.15. The number of alkyl halides is 1. The Morgan fingerprint density at radius 2 is 1.81 bits per heavy atom. The standard InChI is InChI=1S/C13H12ClNO.C13H11NO/c14-6-8-7-15-11-5-12(16)9-3-1-2-4-10(9)13(8)11;15-11-5-12-13(6-8(13)7-14-12)10-4-2-1-3-9(10)11/h1-5,8,15-16H,6-7H2;1-5,8,14H,6-7H2/t8-;8?,13-/m11/s1. The molecule has 0 aromatic heterocycles. The molecule has 3 N–H and O–H groups in total. The summed E-state index contributed by atoms with van der Waals surface area (Å²) in [5, 5.41) is 18.6. The first kappa shape index (κ1) is 18.8. The molecule has 3 atom stereocenters. The van der Waals surface area contributed by atoms with E-state index >= 15 is 0 Å². The van der Waals surface area contributed by atoms with Crippen molar-refractivity contribution in [2.75, 3.05) is 24.3 Å². The molecule has 2 fully saturated rings. The van der Waals surface area contributed by atoms with Crippen LogP contribution in [0.2, 0.25) is 0 Å². The molecule has 1 saturated heterocycles. The minimum atomic E-state index is 0.159. The lowest BCUT2D eigenvalue weighted by atomic mass is 9.82. The van der Waals surface area contributed by atoms with Crippen LogP contribution in [0.3, 0.4) is 0 Å². The van der Waals surface area contributed by atoms with Crippen molar-refractivity contribution in [2.45, 2.75) is 17.8 Å². The van der Waals surface area contributed by atoms with Gasteiger partial charge in [0, 0.05) is 64.8 Å². The van der Waals surface area contributed by atoms with Gasteiger partial charge in [-0.2, -0.15) is 0 Å². The summed E-state index contributed by atoms with van der Waals surface area (Å²) in [4.78, 5) is 11.9. The highest BCUT2D eigenvalue weighted by atomic mass is 35.5. The fourth-order valence-corrected chi connectivity index (χ4v) is 5.94. The maximum Gasteiger partial charge on any atom is 0.187 e. The minimum absolute atomic E-state index is 0.159. The molecule has 5 heteroatoms. The van der Waals surface area contributed by atoms with Crippen LogP contribution in [0.15, 0.2) is 66.4 Å². The highest BCUT2D eigenvalue weighted by Gasteiger charge is 2.63. The molecule has 31 heavy (non-hydrogen) atoms. The van der Waals surface area contributed by atoms with E-state index in [0.717, 1.165) is 46.7 Å². The van der Waals surface area contributed by atoms with Crippen LogP contribution in [0.1, 0.15) is 33.8 Å². The number of phenolic OH excluding ortho intramolecular Hbond substituents is 1. The number of carbonyl (C=O) groups is 1. The normalized spacial score (nSPS) is 26.4. The largest absolute Gasteiger partial charge is 0.507 e. The predicted molar refractivity (Wildman–Crippen MR) is 124 cm³/mol. The second-order valence-electron chi connectivity index (χ2n) is 8.86. The summed E-state index contributed by atoms with van der Waals surface area (Å²) in [6, 6.07) is 17.8. The van der Waals surface area contributed by atoms with Gasteiger partial charge in [-0.25, -0.2) is 0 Å². The van der Waals surface area contributed by atoms with E-state index < -0.39 is 0 Å². The number of ketones is 1. The third-order valence-electron chi connectivity index (χ3n) is 7.27. The molecule has 2 aliphatic heterocycles. The number of benzene rings is 3. The third kappa shape index (κ3) is 2.64. The maximum atomic E-state index is 11.9. The summed E-state index contributed by atoms with van der Waals surface area (Å²) in [6.07, 6.45) is 3.02. The summed E-state index contributed by atoms with van der Waals surface area (Å²) in [7, 11) is 0. The number of aromatic hydroxyl groups is 1. The molecule has 1 unspecified atom stereocenters. The third-order valence-corrected chi connectivity index (χ3v) is 7.64. The van der Waals surface area contributed by atoms with Crippen LogP contribution in [0, 0.1) is 5.92 Å². The number of halogens is 1. The van der Waals surface area contributed by atoms with Crippen LogP contribution in [-0.4, -0.2) is 29.9 Å². The van der Waals surface area contributed by atoms with Crippen LogP contribution in [0.5, 0.6) is 5.75 Å². The van der Waals surface area contributed by atoms with Crippen LogP contribution >= 0.6 is 11.6 Å². The highest BCUT2D eigenvalue weighted by molar-refractivity contribution is 6.18. The Labute approximate surface area is 185 Å². The SMILES string of the molecule is O=C1C=C2NCC3C[C@@]23c2ccccc21.Oc1cc2c(c3ccccc13)[C@H](CCl)CN2. The molecule has 0 amide bonds. The summed E-state index contributed by atoms with van der Waals surface area (Å²) in [5.41, 5.74) is 5.78. The maximum absolute atomic E-state index is 11.9. The van der Waals surface area contributed by atoms with Gasteiger partial charge < -0.3 is 15.7 Å². The van der Waals surface area contributed by atoms with Crippen LogP contribution in [-0.2, 0) is 5.41 Å². The van der Waals surface area contributed by atoms with E-state index in [4.69, 9.17) is 11.6 Å². The molecule has 0 radical (unpaired) electrons. The molecule has 2 aliphatic carbocycles. The number of hydrogen-bond acceptors (Lipinski definition) is 4. The van der Waals surface area contributed by atoms with Crippen molar-refractivity contribution >= 4 is 33.8 Å². The van der Waals surface area contributed by atoms with Crippen molar-refractivity contribution < 1.29 is 9.90 Å². The number of anilines is 1. The Bertz CT molecular complexity index is 1270. The topological polar surface area (TPSA) is 61.4 Å². The van der Waals surface area contributed by atoms with Crippen molar-refractivity contribution in [1.29, 1.82) is 0 Å². The molecule has 156 valence electrons. The Morgan fingerprint density at radius 1 is 1.03 bits per heavy atom. The van der Waals surface area contributed by atoms with Crippen LogP contribution < -0.4 is 10.6 Å². The van der Waals surface area contributed by atoms with Crippen molar-refractivity contribution in [1.82, 2.24) is 5.32 Å². The van der Waals surface area contributed by atoms with Gasteiger partial charge >= 0.3 is 0 Å². The molecule has 2 heterocycles. The molecule has 4 nitrogen and oxygen atoms in total. The fourth-order valence-electron chi connectivity index (χ4n) is 5.68. The molecule has 3 aromatic carbocycles. The van der Waals surface area contributed by atoms with E-state index in [-0.39, 0.29) is 11.2 Å². The second kappa shape index (κ2) is 6.76. The number of allylic oxidation sites excluding steroid dienone is 2. The molecule has 1 spiro atoms. The zero-order valence-electron chi connectivity index (χ0n) is 17.0. The quantitative estimate of drug-likeness (QED) is 0.479. The molecule has 4 aliphatic rings. The van der Waals surface area contributed by atoms with Crippen molar-refractivity contribution in [3.05, 3.63) is 83.1 Å². The lowest BCUT2D eigenvalue weighted by molar-refractivity contribution is 0.104. The molecule has 0 bridgehead atoms. The van der Waals surface area contributed by atoms with Gasteiger partial charge in [0.05, 0.1) is 0 Å². The molecule has 1 saturated carbocycles. The Balaban J connectivity index is 0.000000120. The average molecular weight is 431 g/mol. The van der Waals surface area contributed by atoms with Crippen molar-refractivity contribution in [2.24, 2.45) is 5.92 Å². The molecule has 7 rings (SSSR count). The second-order valence-corrected chi connectivity index (χ2v) is 9.16. The van der Waals surface area contributed by atoms with Gasteiger partial charge in [0.1, 0.15) is 5.75 Å². The fraction of sp³-hybridized carbons (Fsp3) is 0.269. The Morgan fingerprint density at radius 3 is 2.61 bits per heavy atom. The number of nitrogens with one attached hydrogen (secondary N) is 2. The number of hydrogen-bond donors (Lipinski definition) is 3. The lowest BCUT2D eigenvalue weighted by Crippen LogP contribution is -2.24. The first-order valence-corrected chi connectivity index (χ1v) is 11.3. The number of phenols is 1. The van der Waals surface area contributed by atoms with Crippen LogP contribution in [0.4, 0.5) is 5.69 Å². The van der Waals surface area contributed by atoms with Gasteiger partial charge in [0.2, 0.25) is 0 Å². The summed E-state index contributed by atoms with van der Waals surface area (Å²) >= 11 is 5.97. The lowest BCUT2D eigenvalue weighted by Gasteiger charge is -2.23. The van der Waals surface area contributed by atoms with Gasteiger partial charge in [-0.1, -0.05) is 48.5 Å². The van der Waals surface area contributed by atoms with Gasteiger partial charge in [0.25, 0.3) is 0 Å². The van der Waals surface area contributed by atoms with E-state index in [9.17, 15) is 9.90 Å². The molecular weight excluding hydrogens is 408 g/mol. The van der Waals surface area contributed by atoms with Crippen molar-refractivity contribution in [3.63, 3.8) is 0 Å². The minimum Gasteiger partial charge on any atom is -0.507 e. The zero-order valence-corrected chi connectivity index (χ0v) is 17.7. The average Bonchev–Trinajstić information content (AvgIpc) is 3.19. The monoisotopic (exact) mass is 430 g/mol. The highest BCUT2D eigenvalue weighted by Crippen LogP contribution is 2.63. The summed E-state index contributed by atoms with van der Waals surface area (Å²) < 4.78 is 0. The van der Waals surface area contributed by atoms with E-state index in [0.29, 0.717) is 17.5 Å². The van der Waals surface area contributed by atoms with Gasteiger partial charge in [0.15, 0.2) is 5.78 Å². The zero-order chi connectivity index (χ0) is 21.2. The molecular formula is C26H23ClN2O2. The van der Waals surface area contributed by atoms with Gasteiger partial charge in [-0.3, -0.25) is 4.79 Å². The van der Waals surface area contributed by atoms with Crippen molar-refractivity contribution in [3.8, 4) is 5.75 Å². The number of fused-ring (bicyclic) bond motifs is 4. The summed E-state index contributed by atoms with van der Waals surface area (Å²) in [6.45, 7) is 1.89. The smallest absolute Gasteiger partial charge is 0.187 e. The number of piperidine rings is 1. The van der Waals surface area contributed by atoms with E-state index in [1.54, 1.807) is 12.1 Å². The van der Waals surface area contributed by atoms with E-state index in [1.807, 2.05) is 42.5 Å². The molecule has 3 aromatic rings. The van der Waals surface area contributed by atoms with Gasteiger partial charge in [-0.15, -0.1) is 11.6 Å². The Hall–Kier alpha value is -2.98. The van der Waals surface area contributed by atoms with Gasteiger partial charge in [-0.05, 0) is 28.9 Å². The first-order valence-electron chi connectivity index (χ1n) is 10.8. The predicted octanol–water partition coefficient (Wildman–Crippen LogP) is 4.92. The Kier molecular flexibility index (Phi) is 4.09. The number of rotatable bonds is 1. The van der Waals surface area contributed by atoms with Crippen LogP contribution in [0.25, 0.3) is 10.8 Å².